The van der Waals surface area contributed by atoms with E-state index in [1.54, 1.807) is 12.1 Å². The number of hydrogen-bond acceptors (Lipinski definition) is 3. The Bertz CT molecular complexity index is 1010. The van der Waals surface area contributed by atoms with Crippen LogP contribution in [0.3, 0.4) is 0 Å². The van der Waals surface area contributed by atoms with Crippen molar-refractivity contribution in [2.45, 2.75) is 38.6 Å². The van der Waals surface area contributed by atoms with Gasteiger partial charge in [0.15, 0.2) is 0 Å². The zero-order chi connectivity index (χ0) is 20.2. The van der Waals surface area contributed by atoms with Crippen molar-refractivity contribution in [3.05, 3.63) is 65.5 Å². The van der Waals surface area contributed by atoms with E-state index in [2.05, 4.69) is 15.3 Å². The number of benzene rings is 2. The maximum atomic E-state index is 13.2. The summed E-state index contributed by atoms with van der Waals surface area (Å²) in [5.41, 5.74) is 3.10. The summed E-state index contributed by atoms with van der Waals surface area (Å²) < 4.78 is 0. The molecule has 2 amide bonds. The lowest BCUT2D eigenvalue weighted by Gasteiger charge is -2.36. The van der Waals surface area contributed by atoms with Crippen molar-refractivity contribution < 1.29 is 9.59 Å². The lowest BCUT2D eigenvalue weighted by atomic mass is 9.98. The molecule has 0 bridgehead atoms. The molecule has 1 aliphatic rings. The predicted molar refractivity (Wildman–Crippen MR) is 113 cm³/mol. The zero-order valence-corrected chi connectivity index (χ0v) is 16.6. The Morgan fingerprint density at radius 2 is 1.97 bits per heavy atom. The van der Waals surface area contributed by atoms with Crippen LogP contribution in [0, 0.1) is 6.92 Å². The third-order valence-corrected chi connectivity index (χ3v) is 5.53. The smallest absolute Gasteiger partial charge is 0.254 e. The van der Waals surface area contributed by atoms with Crippen LogP contribution in [-0.4, -0.2) is 45.8 Å². The molecule has 1 saturated heterocycles. The molecule has 2 N–H and O–H groups in total. The van der Waals surface area contributed by atoms with E-state index < -0.39 is 0 Å². The SMILES string of the molecule is Cc1nc2ccc(C(=O)N3CCCC[C@H]3CCNC(=O)c3ccccc3)cc2[nH]1. The Balaban J connectivity index is 1.41. The van der Waals surface area contributed by atoms with Gasteiger partial charge in [0, 0.05) is 30.3 Å². The summed E-state index contributed by atoms with van der Waals surface area (Å²) in [5.74, 6) is 0.826. The van der Waals surface area contributed by atoms with Crippen LogP contribution >= 0.6 is 0 Å². The summed E-state index contributed by atoms with van der Waals surface area (Å²) in [6.07, 6.45) is 3.86. The van der Waals surface area contributed by atoms with Crippen LogP contribution in [0.15, 0.2) is 48.5 Å². The van der Waals surface area contributed by atoms with Gasteiger partial charge in [-0.05, 0) is 62.9 Å². The van der Waals surface area contributed by atoms with Crippen molar-refractivity contribution in [2.75, 3.05) is 13.1 Å². The number of fused-ring (bicyclic) bond motifs is 1. The highest BCUT2D eigenvalue weighted by molar-refractivity contribution is 5.97. The number of nitrogens with zero attached hydrogens (tertiary/aromatic N) is 2. The van der Waals surface area contributed by atoms with Crippen LogP contribution in [-0.2, 0) is 0 Å². The number of imidazole rings is 1. The Labute approximate surface area is 170 Å². The minimum atomic E-state index is -0.0700. The average molecular weight is 390 g/mol. The molecule has 0 spiro atoms. The highest BCUT2D eigenvalue weighted by Gasteiger charge is 2.27. The summed E-state index contributed by atoms with van der Waals surface area (Å²) >= 11 is 0. The van der Waals surface area contributed by atoms with Gasteiger partial charge in [0.2, 0.25) is 0 Å². The molecular weight excluding hydrogens is 364 g/mol. The van der Waals surface area contributed by atoms with Gasteiger partial charge in [-0.2, -0.15) is 0 Å². The molecule has 0 aliphatic carbocycles. The van der Waals surface area contributed by atoms with Gasteiger partial charge >= 0.3 is 0 Å². The third kappa shape index (κ3) is 4.31. The number of amides is 2. The topological polar surface area (TPSA) is 78.1 Å². The quantitative estimate of drug-likeness (QED) is 0.697. The minimum absolute atomic E-state index is 0.0539. The molecule has 0 unspecified atom stereocenters. The number of H-pyrrole nitrogens is 1. The molecule has 1 fully saturated rings. The molecule has 150 valence electrons. The summed E-state index contributed by atoms with van der Waals surface area (Å²) in [5, 5.41) is 2.98. The monoisotopic (exact) mass is 390 g/mol. The van der Waals surface area contributed by atoms with Gasteiger partial charge in [0.05, 0.1) is 11.0 Å². The molecule has 1 aromatic heterocycles. The fourth-order valence-electron chi connectivity index (χ4n) is 4.05. The number of aromatic nitrogens is 2. The molecule has 1 aliphatic heterocycles. The van der Waals surface area contributed by atoms with Crippen molar-refractivity contribution in [1.29, 1.82) is 0 Å². The van der Waals surface area contributed by atoms with Crippen LogP contribution < -0.4 is 5.32 Å². The van der Waals surface area contributed by atoms with Crippen LogP contribution in [0.4, 0.5) is 0 Å². The second-order valence-electron chi connectivity index (χ2n) is 7.61. The number of carbonyl (C=O) groups excluding carboxylic acids is 2. The molecule has 6 heteroatoms. The second-order valence-corrected chi connectivity index (χ2v) is 7.61. The number of aromatic amines is 1. The van der Waals surface area contributed by atoms with E-state index in [1.165, 1.54) is 0 Å². The molecule has 0 saturated carbocycles. The van der Waals surface area contributed by atoms with Gasteiger partial charge < -0.3 is 15.2 Å². The molecule has 6 nitrogen and oxygen atoms in total. The van der Waals surface area contributed by atoms with E-state index in [9.17, 15) is 9.59 Å². The molecule has 2 heterocycles. The van der Waals surface area contributed by atoms with Crippen molar-refractivity contribution >= 4 is 22.8 Å². The summed E-state index contributed by atoms with van der Waals surface area (Å²) in [4.78, 5) is 35.0. The summed E-state index contributed by atoms with van der Waals surface area (Å²) in [7, 11) is 0. The van der Waals surface area contributed by atoms with E-state index in [-0.39, 0.29) is 17.9 Å². The van der Waals surface area contributed by atoms with Crippen molar-refractivity contribution in [3.63, 3.8) is 0 Å². The van der Waals surface area contributed by atoms with Crippen LogP contribution in [0.5, 0.6) is 0 Å². The summed E-state index contributed by atoms with van der Waals surface area (Å²) in [6.45, 7) is 3.23. The average Bonchev–Trinajstić information content (AvgIpc) is 3.13. The highest BCUT2D eigenvalue weighted by Crippen LogP contribution is 2.23. The fourth-order valence-corrected chi connectivity index (χ4v) is 4.05. The maximum Gasteiger partial charge on any atom is 0.254 e. The lowest BCUT2D eigenvalue weighted by molar-refractivity contribution is 0.0601. The van der Waals surface area contributed by atoms with Gasteiger partial charge in [-0.25, -0.2) is 4.98 Å². The minimum Gasteiger partial charge on any atom is -0.352 e. The number of carbonyl (C=O) groups is 2. The maximum absolute atomic E-state index is 13.2. The molecule has 2 aromatic carbocycles. The van der Waals surface area contributed by atoms with E-state index in [4.69, 9.17) is 0 Å². The van der Waals surface area contributed by atoms with Crippen LogP contribution in [0.1, 0.15) is 52.2 Å². The molecule has 1 atom stereocenters. The van der Waals surface area contributed by atoms with Gasteiger partial charge in [0.1, 0.15) is 5.82 Å². The van der Waals surface area contributed by atoms with E-state index in [0.717, 1.165) is 49.1 Å². The summed E-state index contributed by atoms with van der Waals surface area (Å²) in [6, 6.07) is 15.0. The number of rotatable bonds is 5. The standard InChI is InChI=1S/C23H26N4O2/c1-16-25-20-11-10-18(15-21(20)26-16)23(29)27-14-6-5-9-19(27)12-13-24-22(28)17-7-3-2-4-8-17/h2-4,7-8,10-11,15,19H,5-6,9,12-14H2,1H3,(H,24,28)(H,25,26)/t19-/m0/s1. The Kier molecular flexibility index (Phi) is 5.60. The van der Waals surface area contributed by atoms with E-state index in [0.29, 0.717) is 17.7 Å². The number of likely N-dealkylation sites (tertiary alicyclic amines) is 1. The van der Waals surface area contributed by atoms with Gasteiger partial charge in [-0.15, -0.1) is 0 Å². The second kappa shape index (κ2) is 8.47. The Hall–Kier alpha value is -3.15. The predicted octanol–water partition coefficient (Wildman–Crippen LogP) is 3.69. The number of nitrogens with one attached hydrogen (secondary N) is 2. The van der Waals surface area contributed by atoms with Gasteiger partial charge in [0.25, 0.3) is 11.8 Å². The first kappa shape index (κ1) is 19.2. The van der Waals surface area contributed by atoms with Crippen LogP contribution in [0.2, 0.25) is 0 Å². The largest absolute Gasteiger partial charge is 0.352 e. The number of aryl methyl sites for hydroxylation is 1. The zero-order valence-electron chi connectivity index (χ0n) is 16.6. The van der Waals surface area contributed by atoms with Gasteiger partial charge in [-0.1, -0.05) is 18.2 Å². The molecule has 29 heavy (non-hydrogen) atoms. The fraction of sp³-hybridized carbons (Fsp3) is 0.348. The Morgan fingerprint density at radius 1 is 1.14 bits per heavy atom. The normalized spacial score (nSPS) is 16.7. The van der Waals surface area contributed by atoms with Crippen LogP contribution in [0.25, 0.3) is 11.0 Å². The molecule has 4 rings (SSSR count). The van der Waals surface area contributed by atoms with Gasteiger partial charge in [-0.3, -0.25) is 9.59 Å². The highest BCUT2D eigenvalue weighted by atomic mass is 16.2. The Morgan fingerprint density at radius 3 is 2.79 bits per heavy atom. The number of piperidine rings is 1. The van der Waals surface area contributed by atoms with E-state index in [1.807, 2.05) is 48.2 Å². The first-order valence-corrected chi connectivity index (χ1v) is 10.2. The third-order valence-electron chi connectivity index (χ3n) is 5.53. The number of hydrogen-bond donors (Lipinski definition) is 2. The van der Waals surface area contributed by atoms with E-state index >= 15 is 0 Å². The van der Waals surface area contributed by atoms with Crippen molar-refractivity contribution in [3.8, 4) is 0 Å². The first-order chi connectivity index (χ1) is 14.1. The van der Waals surface area contributed by atoms with Crippen molar-refractivity contribution in [2.24, 2.45) is 0 Å². The molecule has 0 radical (unpaired) electrons. The molecular formula is C23H26N4O2. The molecule has 3 aromatic rings. The first-order valence-electron chi connectivity index (χ1n) is 10.2. The van der Waals surface area contributed by atoms with Crippen molar-refractivity contribution in [1.82, 2.24) is 20.2 Å². The lowest BCUT2D eigenvalue weighted by Crippen LogP contribution is -2.45.